The van der Waals surface area contributed by atoms with E-state index in [0.29, 0.717) is 55.1 Å². The molecular formula is C22H26N2O7S. The summed E-state index contributed by atoms with van der Waals surface area (Å²) in [5.41, 5.74) is 0.489. The van der Waals surface area contributed by atoms with Crippen molar-refractivity contribution in [3.8, 4) is 23.0 Å². The number of nitrogens with one attached hydrogen (secondary N) is 2. The van der Waals surface area contributed by atoms with E-state index in [1.54, 1.807) is 38.1 Å². The quantitative estimate of drug-likeness (QED) is 0.678. The Morgan fingerprint density at radius 1 is 0.844 bits per heavy atom. The standard InChI is InChI=1S/C22H26N2O7S/c1-14(2)21(22(25)23-15-4-6-17-19(12-15)29-9-3-8-28-17)24-32(26,27)16-5-7-18-20(13-16)31-11-10-30-18/h4-7,12-14,21,24H,3,8-11H2,1-2H3,(H,23,25)/t21-/m1/s1. The lowest BCUT2D eigenvalue weighted by Crippen LogP contribution is -2.47. The molecular weight excluding hydrogens is 436 g/mol. The summed E-state index contributed by atoms with van der Waals surface area (Å²) < 4.78 is 50.7. The molecule has 2 aromatic rings. The van der Waals surface area contributed by atoms with Gasteiger partial charge in [0.15, 0.2) is 23.0 Å². The summed E-state index contributed by atoms with van der Waals surface area (Å²) in [6, 6.07) is 8.46. The van der Waals surface area contributed by atoms with Crippen molar-refractivity contribution in [1.82, 2.24) is 4.72 Å². The number of hydrogen-bond acceptors (Lipinski definition) is 7. The fourth-order valence-electron chi connectivity index (χ4n) is 3.38. The van der Waals surface area contributed by atoms with Crippen molar-refractivity contribution in [2.45, 2.75) is 31.2 Å². The average molecular weight is 463 g/mol. The van der Waals surface area contributed by atoms with Gasteiger partial charge < -0.3 is 24.3 Å². The van der Waals surface area contributed by atoms with E-state index in [1.165, 1.54) is 12.1 Å². The zero-order chi connectivity index (χ0) is 22.7. The van der Waals surface area contributed by atoms with Crippen molar-refractivity contribution in [3.05, 3.63) is 36.4 Å². The van der Waals surface area contributed by atoms with Gasteiger partial charge in [0, 0.05) is 24.2 Å². The van der Waals surface area contributed by atoms with Crippen LogP contribution in [0.3, 0.4) is 0 Å². The summed E-state index contributed by atoms with van der Waals surface area (Å²) in [7, 11) is -3.99. The van der Waals surface area contributed by atoms with Crippen molar-refractivity contribution < 1.29 is 32.2 Å². The van der Waals surface area contributed by atoms with Gasteiger partial charge in [-0.15, -0.1) is 0 Å². The Balaban J connectivity index is 1.51. The zero-order valence-electron chi connectivity index (χ0n) is 17.9. The molecule has 9 nitrogen and oxygen atoms in total. The Bertz CT molecular complexity index is 1100. The first-order valence-electron chi connectivity index (χ1n) is 10.5. The summed E-state index contributed by atoms with van der Waals surface area (Å²) in [6.45, 7) is 5.38. The van der Waals surface area contributed by atoms with Crippen molar-refractivity contribution in [1.29, 1.82) is 0 Å². The largest absolute Gasteiger partial charge is 0.490 e. The number of rotatable bonds is 6. The van der Waals surface area contributed by atoms with E-state index in [0.717, 1.165) is 6.42 Å². The van der Waals surface area contributed by atoms with Crippen LogP contribution in [0.1, 0.15) is 20.3 Å². The molecule has 2 N–H and O–H groups in total. The van der Waals surface area contributed by atoms with Gasteiger partial charge in [-0.1, -0.05) is 13.8 Å². The van der Waals surface area contributed by atoms with Crippen LogP contribution in [0, 0.1) is 5.92 Å². The fraction of sp³-hybridized carbons (Fsp3) is 0.409. The van der Waals surface area contributed by atoms with Crippen LogP contribution >= 0.6 is 0 Å². The van der Waals surface area contributed by atoms with Gasteiger partial charge >= 0.3 is 0 Å². The summed E-state index contributed by atoms with van der Waals surface area (Å²) in [5.74, 6) is 1.22. The Kier molecular flexibility index (Phi) is 6.43. The molecule has 2 aliphatic heterocycles. The second kappa shape index (κ2) is 9.25. The highest BCUT2D eigenvalue weighted by Gasteiger charge is 2.29. The smallest absolute Gasteiger partial charge is 0.242 e. The molecule has 32 heavy (non-hydrogen) atoms. The highest BCUT2D eigenvalue weighted by molar-refractivity contribution is 7.89. The van der Waals surface area contributed by atoms with E-state index in [2.05, 4.69) is 10.0 Å². The van der Waals surface area contributed by atoms with Crippen molar-refractivity contribution in [3.63, 3.8) is 0 Å². The van der Waals surface area contributed by atoms with E-state index in [-0.39, 0.29) is 10.8 Å². The number of ether oxygens (including phenoxy) is 4. The van der Waals surface area contributed by atoms with Gasteiger partial charge in [0.25, 0.3) is 0 Å². The molecule has 2 aromatic carbocycles. The SMILES string of the molecule is CC(C)[C@@H](NS(=O)(=O)c1ccc2c(c1)OCCO2)C(=O)Nc1ccc2c(c1)OCCCO2. The number of hydrogen-bond donors (Lipinski definition) is 2. The molecule has 4 rings (SSSR count). The van der Waals surface area contributed by atoms with Crippen LogP contribution in [-0.2, 0) is 14.8 Å². The number of carbonyl (C=O) groups excluding carboxylic acids is 1. The Morgan fingerprint density at radius 2 is 1.44 bits per heavy atom. The van der Waals surface area contributed by atoms with E-state index in [9.17, 15) is 13.2 Å². The topological polar surface area (TPSA) is 112 Å². The predicted octanol–water partition coefficient (Wildman–Crippen LogP) is 2.56. The predicted molar refractivity (Wildman–Crippen MR) is 117 cm³/mol. The number of fused-ring (bicyclic) bond motifs is 2. The molecule has 0 radical (unpaired) electrons. The first-order valence-corrected chi connectivity index (χ1v) is 11.9. The molecule has 1 atom stereocenters. The normalized spacial score (nSPS) is 16.2. The molecule has 0 fully saturated rings. The van der Waals surface area contributed by atoms with Crippen LogP contribution in [0.4, 0.5) is 5.69 Å². The fourth-order valence-corrected chi connectivity index (χ4v) is 4.74. The van der Waals surface area contributed by atoms with Crippen LogP contribution in [0.25, 0.3) is 0 Å². The molecule has 0 aromatic heterocycles. The van der Waals surface area contributed by atoms with Gasteiger partial charge in [-0.25, -0.2) is 8.42 Å². The van der Waals surface area contributed by atoms with Gasteiger partial charge in [-0.3, -0.25) is 4.79 Å². The molecule has 10 heteroatoms. The molecule has 0 saturated carbocycles. The monoisotopic (exact) mass is 462 g/mol. The van der Waals surface area contributed by atoms with Crippen molar-refractivity contribution >= 4 is 21.6 Å². The van der Waals surface area contributed by atoms with E-state index in [4.69, 9.17) is 18.9 Å². The third kappa shape index (κ3) is 4.91. The van der Waals surface area contributed by atoms with Crippen LogP contribution < -0.4 is 29.0 Å². The van der Waals surface area contributed by atoms with Crippen molar-refractivity contribution in [2.75, 3.05) is 31.7 Å². The maximum atomic E-state index is 13.0. The summed E-state index contributed by atoms with van der Waals surface area (Å²) in [4.78, 5) is 13.0. The molecule has 1 amide bonds. The van der Waals surface area contributed by atoms with Crippen LogP contribution in [0.2, 0.25) is 0 Å². The maximum absolute atomic E-state index is 13.0. The number of benzene rings is 2. The highest BCUT2D eigenvalue weighted by Crippen LogP contribution is 2.33. The molecule has 0 saturated heterocycles. The Labute approximate surface area is 187 Å². The Hall–Kier alpha value is -2.98. The van der Waals surface area contributed by atoms with Gasteiger partial charge in [0.1, 0.15) is 19.3 Å². The molecule has 0 bridgehead atoms. The second-order valence-electron chi connectivity index (χ2n) is 7.85. The van der Waals surface area contributed by atoms with Crippen LogP contribution in [0.15, 0.2) is 41.3 Å². The molecule has 0 unspecified atom stereocenters. The zero-order valence-corrected chi connectivity index (χ0v) is 18.7. The first kappa shape index (κ1) is 22.2. The summed E-state index contributed by atoms with van der Waals surface area (Å²) in [5, 5.41) is 2.77. The number of anilines is 1. The lowest BCUT2D eigenvalue weighted by Gasteiger charge is -2.23. The average Bonchev–Trinajstić information content (AvgIpc) is 3.02. The number of carbonyl (C=O) groups is 1. The third-order valence-electron chi connectivity index (χ3n) is 5.07. The molecule has 172 valence electrons. The van der Waals surface area contributed by atoms with Crippen LogP contribution in [-0.4, -0.2) is 46.8 Å². The third-order valence-corrected chi connectivity index (χ3v) is 6.51. The minimum atomic E-state index is -3.99. The lowest BCUT2D eigenvalue weighted by molar-refractivity contribution is -0.118. The molecule has 0 spiro atoms. The van der Waals surface area contributed by atoms with Gasteiger partial charge in [0.05, 0.1) is 18.1 Å². The van der Waals surface area contributed by atoms with E-state index < -0.39 is 22.0 Å². The Morgan fingerprint density at radius 3 is 2.16 bits per heavy atom. The summed E-state index contributed by atoms with van der Waals surface area (Å²) in [6.07, 6.45) is 0.771. The van der Waals surface area contributed by atoms with Crippen LogP contribution in [0.5, 0.6) is 23.0 Å². The van der Waals surface area contributed by atoms with Gasteiger partial charge in [-0.2, -0.15) is 4.72 Å². The van der Waals surface area contributed by atoms with Crippen molar-refractivity contribution in [2.24, 2.45) is 5.92 Å². The molecule has 2 heterocycles. The molecule has 2 aliphatic rings. The lowest BCUT2D eigenvalue weighted by atomic mass is 10.0. The van der Waals surface area contributed by atoms with E-state index in [1.807, 2.05) is 0 Å². The minimum absolute atomic E-state index is 0.00391. The molecule has 0 aliphatic carbocycles. The number of sulfonamides is 1. The van der Waals surface area contributed by atoms with Gasteiger partial charge in [-0.05, 0) is 30.2 Å². The highest BCUT2D eigenvalue weighted by atomic mass is 32.2. The first-order chi connectivity index (χ1) is 15.3. The van der Waals surface area contributed by atoms with Gasteiger partial charge in [0.2, 0.25) is 15.9 Å². The number of amides is 1. The minimum Gasteiger partial charge on any atom is -0.490 e. The van der Waals surface area contributed by atoms with E-state index >= 15 is 0 Å². The summed E-state index contributed by atoms with van der Waals surface area (Å²) >= 11 is 0. The maximum Gasteiger partial charge on any atom is 0.242 e. The second-order valence-corrected chi connectivity index (χ2v) is 9.56.